The zero-order valence-electron chi connectivity index (χ0n) is 15.3. The number of nitrogens with one attached hydrogen (secondary N) is 2. The Morgan fingerprint density at radius 3 is 1.90 bits per heavy atom. The lowest BCUT2D eigenvalue weighted by Gasteiger charge is -2.08. The lowest BCUT2D eigenvalue weighted by molar-refractivity contribution is -0.115. The van der Waals surface area contributed by atoms with Crippen molar-refractivity contribution in [2.24, 2.45) is 5.14 Å². The van der Waals surface area contributed by atoms with E-state index < -0.39 is 10.0 Å². The summed E-state index contributed by atoms with van der Waals surface area (Å²) in [7, 11) is -3.78. The number of carbonyl (C=O) groups is 2. The average Bonchev–Trinajstić information content (AvgIpc) is 2.69. The van der Waals surface area contributed by atoms with Crippen LogP contribution in [0.25, 0.3) is 0 Å². The van der Waals surface area contributed by atoms with Gasteiger partial charge in [0.2, 0.25) is 15.9 Å². The van der Waals surface area contributed by atoms with Crippen molar-refractivity contribution in [3.05, 3.63) is 90.0 Å². The van der Waals surface area contributed by atoms with Crippen molar-refractivity contribution in [2.45, 2.75) is 11.3 Å². The molecular weight excluding hydrogens is 390 g/mol. The Bertz CT molecular complexity index is 1110. The van der Waals surface area contributed by atoms with Crippen LogP contribution in [0, 0.1) is 0 Å². The molecule has 0 aliphatic carbocycles. The summed E-state index contributed by atoms with van der Waals surface area (Å²) in [4.78, 5) is 24.4. The van der Waals surface area contributed by atoms with Gasteiger partial charge in [0.15, 0.2) is 0 Å². The van der Waals surface area contributed by atoms with E-state index >= 15 is 0 Å². The number of sulfonamides is 1. The Kier molecular flexibility index (Phi) is 6.06. The maximum Gasteiger partial charge on any atom is 0.255 e. The van der Waals surface area contributed by atoms with Crippen LogP contribution in [0.15, 0.2) is 83.8 Å². The largest absolute Gasteiger partial charge is 0.326 e. The van der Waals surface area contributed by atoms with Gasteiger partial charge in [0.05, 0.1) is 11.3 Å². The van der Waals surface area contributed by atoms with Crippen molar-refractivity contribution < 1.29 is 18.0 Å². The number of hydrogen-bond acceptors (Lipinski definition) is 4. The first-order valence-electron chi connectivity index (χ1n) is 8.69. The van der Waals surface area contributed by atoms with Crippen molar-refractivity contribution in [1.82, 2.24) is 0 Å². The Balaban J connectivity index is 1.59. The van der Waals surface area contributed by atoms with Crippen molar-refractivity contribution in [2.75, 3.05) is 10.6 Å². The monoisotopic (exact) mass is 409 g/mol. The summed E-state index contributed by atoms with van der Waals surface area (Å²) < 4.78 is 22.5. The second-order valence-corrected chi connectivity index (χ2v) is 7.87. The molecule has 3 aromatic carbocycles. The highest BCUT2D eigenvalue weighted by atomic mass is 32.2. The second kappa shape index (κ2) is 8.68. The molecule has 0 aliphatic rings. The summed E-state index contributed by atoms with van der Waals surface area (Å²) in [5.74, 6) is -0.515. The van der Waals surface area contributed by atoms with E-state index in [9.17, 15) is 18.0 Å². The fourth-order valence-electron chi connectivity index (χ4n) is 2.62. The number of amides is 2. The SMILES string of the molecule is NS(=O)(=O)c1ccc(NC(=O)c2ccc(NC(=O)Cc3ccccc3)cc2)cc1. The molecule has 0 bridgehead atoms. The van der Waals surface area contributed by atoms with E-state index in [1.807, 2.05) is 30.3 Å². The van der Waals surface area contributed by atoms with Gasteiger partial charge in [0.1, 0.15) is 0 Å². The summed E-state index contributed by atoms with van der Waals surface area (Å²) in [6.07, 6.45) is 0.262. The zero-order chi connectivity index (χ0) is 20.9. The van der Waals surface area contributed by atoms with Crippen LogP contribution in [0.3, 0.4) is 0 Å². The Labute approximate surface area is 168 Å². The molecule has 0 radical (unpaired) electrons. The van der Waals surface area contributed by atoms with Crippen LogP contribution < -0.4 is 15.8 Å². The first kappa shape index (κ1) is 20.2. The Morgan fingerprint density at radius 1 is 0.759 bits per heavy atom. The average molecular weight is 409 g/mol. The lowest BCUT2D eigenvalue weighted by Crippen LogP contribution is -2.15. The minimum atomic E-state index is -3.78. The van der Waals surface area contributed by atoms with Crippen molar-refractivity contribution in [3.63, 3.8) is 0 Å². The molecule has 0 spiro atoms. The summed E-state index contributed by atoms with van der Waals surface area (Å²) in [5, 5.41) is 10.5. The smallest absolute Gasteiger partial charge is 0.255 e. The number of benzene rings is 3. The van der Waals surface area contributed by atoms with Crippen LogP contribution in [0.5, 0.6) is 0 Å². The van der Waals surface area contributed by atoms with E-state index in [0.717, 1.165) is 5.56 Å². The van der Waals surface area contributed by atoms with Gasteiger partial charge in [-0.3, -0.25) is 9.59 Å². The fourth-order valence-corrected chi connectivity index (χ4v) is 3.14. The molecule has 3 rings (SSSR count). The van der Waals surface area contributed by atoms with Crippen LogP contribution in [0.1, 0.15) is 15.9 Å². The maximum absolute atomic E-state index is 12.3. The molecular formula is C21H19N3O4S. The summed E-state index contributed by atoms with van der Waals surface area (Å²) in [6, 6.07) is 21.4. The number of anilines is 2. The van der Waals surface area contributed by atoms with Gasteiger partial charge in [-0.05, 0) is 54.1 Å². The minimum absolute atomic E-state index is 0.0360. The predicted molar refractivity (Wildman–Crippen MR) is 111 cm³/mol. The molecule has 0 aromatic heterocycles. The maximum atomic E-state index is 12.3. The number of nitrogens with two attached hydrogens (primary N) is 1. The molecule has 0 unspecified atom stereocenters. The van der Waals surface area contributed by atoms with Crippen molar-refractivity contribution in [1.29, 1.82) is 0 Å². The molecule has 4 N–H and O–H groups in total. The molecule has 29 heavy (non-hydrogen) atoms. The molecule has 0 fully saturated rings. The van der Waals surface area contributed by atoms with Gasteiger partial charge in [-0.1, -0.05) is 30.3 Å². The van der Waals surface area contributed by atoms with Gasteiger partial charge in [-0.2, -0.15) is 0 Å². The Hall–Kier alpha value is -3.49. The first-order valence-corrected chi connectivity index (χ1v) is 10.2. The van der Waals surface area contributed by atoms with Gasteiger partial charge in [0.25, 0.3) is 5.91 Å². The van der Waals surface area contributed by atoms with Crippen LogP contribution >= 0.6 is 0 Å². The third-order valence-electron chi connectivity index (χ3n) is 4.08. The number of carbonyl (C=O) groups excluding carboxylic acids is 2. The van der Waals surface area contributed by atoms with Gasteiger partial charge in [-0.25, -0.2) is 13.6 Å². The van der Waals surface area contributed by atoms with E-state index in [4.69, 9.17) is 5.14 Å². The molecule has 0 saturated carbocycles. The Morgan fingerprint density at radius 2 is 1.31 bits per heavy atom. The van der Waals surface area contributed by atoms with E-state index in [1.54, 1.807) is 24.3 Å². The van der Waals surface area contributed by atoms with Gasteiger partial charge >= 0.3 is 0 Å². The van der Waals surface area contributed by atoms with Crippen molar-refractivity contribution in [3.8, 4) is 0 Å². The minimum Gasteiger partial charge on any atom is -0.326 e. The van der Waals surface area contributed by atoms with Crippen molar-refractivity contribution >= 4 is 33.2 Å². The highest BCUT2D eigenvalue weighted by Crippen LogP contribution is 2.15. The number of primary sulfonamides is 1. The molecule has 0 atom stereocenters. The fraction of sp³-hybridized carbons (Fsp3) is 0.0476. The topological polar surface area (TPSA) is 118 Å². The standard InChI is InChI=1S/C21H19N3O4S/c22-29(27,28)19-12-10-18(11-13-19)24-21(26)16-6-8-17(9-7-16)23-20(25)14-15-4-2-1-3-5-15/h1-13H,14H2,(H,23,25)(H,24,26)(H2,22,27,28). The quantitative estimate of drug-likeness (QED) is 0.580. The van der Waals surface area contributed by atoms with E-state index in [-0.39, 0.29) is 23.1 Å². The van der Waals surface area contributed by atoms with Gasteiger partial charge in [-0.15, -0.1) is 0 Å². The molecule has 0 heterocycles. The number of hydrogen-bond donors (Lipinski definition) is 3. The van der Waals surface area contributed by atoms with Crippen LogP contribution in [-0.4, -0.2) is 20.2 Å². The third-order valence-corrected chi connectivity index (χ3v) is 5.01. The van der Waals surface area contributed by atoms with Gasteiger partial charge in [0, 0.05) is 16.9 Å². The van der Waals surface area contributed by atoms with Crippen LogP contribution in [0.4, 0.5) is 11.4 Å². The van der Waals surface area contributed by atoms with E-state index in [2.05, 4.69) is 10.6 Å². The van der Waals surface area contributed by atoms with E-state index in [1.165, 1.54) is 24.3 Å². The molecule has 2 amide bonds. The predicted octanol–water partition coefficient (Wildman–Crippen LogP) is 2.77. The normalized spacial score (nSPS) is 10.9. The summed E-state index contributed by atoms with van der Waals surface area (Å²) in [5.41, 5.74) is 2.32. The molecule has 148 valence electrons. The van der Waals surface area contributed by atoms with Crippen LogP contribution in [-0.2, 0) is 21.2 Å². The highest BCUT2D eigenvalue weighted by molar-refractivity contribution is 7.89. The van der Waals surface area contributed by atoms with Crippen LogP contribution in [0.2, 0.25) is 0 Å². The molecule has 3 aromatic rings. The van der Waals surface area contributed by atoms with E-state index in [0.29, 0.717) is 16.9 Å². The lowest BCUT2D eigenvalue weighted by atomic mass is 10.1. The summed E-state index contributed by atoms with van der Waals surface area (Å²) in [6.45, 7) is 0. The zero-order valence-corrected chi connectivity index (χ0v) is 16.1. The second-order valence-electron chi connectivity index (χ2n) is 6.31. The molecule has 8 heteroatoms. The van der Waals surface area contributed by atoms with Gasteiger partial charge < -0.3 is 10.6 Å². The first-order chi connectivity index (χ1) is 13.8. The molecule has 7 nitrogen and oxygen atoms in total. The molecule has 0 aliphatic heterocycles. The summed E-state index contributed by atoms with van der Waals surface area (Å²) >= 11 is 0. The highest BCUT2D eigenvalue weighted by Gasteiger charge is 2.10. The third kappa shape index (κ3) is 5.74. The molecule has 0 saturated heterocycles. The number of rotatable bonds is 6.